The Morgan fingerprint density at radius 3 is 2.67 bits per heavy atom. The number of rotatable bonds is 5. The third-order valence-corrected chi connectivity index (χ3v) is 3.59. The van der Waals surface area contributed by atoms with Gasteiger partial charge in [-0.05, 0) is 29.9 Å². The number of hydrogen-bond acceptors (Lipinski definition) is 4. The van der Waals surface area contributed by atoms with Gasteiger partial charge in [0.15, 0.2) is 0 Å². The van der Waals surface area contributed by atoms with Crippen LogP contribution in [0.15, 0.2) is 29.4 Å². The van der Waals surface area contributed by atoms with E-state index in [2.05, 4.69) is 4.98 Å². The van der Waals surface area contributed by atoms with Gasteiger partial charge >= 0.3 is 0 Å². The van der Waals surface area contributed by atoms with Gasteiger partial charge in [0, 0.05) is 18.4 Å². The first-order chi connectivity index (χ1) is 7.29. The van der Waals surface area contributed by atoms with Gasteiger partial charge in [-0.3, -0.25) is 4.79 Å². The van der Waals surface area contributed by atoms with E-state index in [0.717, 1.165) is 10.8 Å². The maximum Gasteiger partial charge on any atom is 0.130 e. The summed E-state index contributed by atoms with van der Waals surface area (Å²) < 4.78 is 0. The molecule has 0 aliphatic carbocycles. The summed E-state index contributed by atoms with van der Waals surface area (Å²) in [5.74, 6) is 1.10. The van der Waals surface area contributed by atoms with Gasteiger partial charge < -0.3 is 0 Å². The molecule has 1 heterocycles. The average molecular weight is 243 g/mol. The van der Waals surface area contributed by atoms with Gasteiger partial charge in [0.25, 0.3) is 0 Å². The second-order valence-electron chi connectivity index (χ2n) is 2.53. The predicted octanol–water partition coefficient (Wildman–Crippen LogP) is 3.83. The second kappa shape index (κ2) is 10.1. The van der Waals surface area contributed by atoms with Crippen LogP contribution in [-0.2, 0) is 4.79 Å². The molecule has 4 heteroatoms. The SMILES string of the molecule is CC.CC(=O)CCSSc1ccccn1. The molecule has 0 aliphatic heterocycles. The Labute approximate surface area is 99.7 Å². The molecule has 84 valence electrons. The molecule has 15 heavy (non-hydrogen) atoms. The smallest absolute Gasteiger partial charge is 0.130 e. The summed E-state index contributed by atoms with van der Waals surface area (Å²) in [7, 11) is 3.28. The zero-order valence-electron chi connectivity index (χ0n) is 9.40. The van der Waals surface area contributed by atoms with Crippen LogP contribution in [0.25, 0.3) is 0 Å². The summed E-state index contributed by atoms with van der Waals surface area (Å²) in [5, 5.41) is 0.996. The number of nitrogens with zero attached hydrogens (tertiary/aromatic N) is 1. The molecule has 1 aromatic rings. The second-order valence-corrected chi connectivity index (χ2v) is 4.96. The Bertz CT molecular complexity index is 265. The number of aromatic nitrogens is 1. The molecule has 1 aromatic heterocycles. The third-order valence-electron chi connectivity index (χ3n) is 1.32. The molecule has 0 unspecified atom stereocenters. The molecule has 1 rings (SSSR count). The molecule has 0 spiro atoms. The highest BCUT2D eigenvalue weighted by Crippen LogP contribution is 2.29. The van der Waals surface area contributed by atoms with Crippen LogP contribution in [0, 0.1) is 0 Å². The van der Waals surface area contributed by atoms with Gasteiger partial charge in [0.2, 0.25) is 0 Å². The van der Waals surface area contributed by atoms with E-state index in [1.807, 2.05) is 32.0 Å². The van der Waals surface area contributed by atoms with Crippen molar-refractivity contribution in [2.45, 2.75) is 32.2 Å². The van der Waals surface area contributed by atoms with Crippen molar-refractivity contribution >= 4 is 27.4 Å². The van der Waals surface area contributed by atoms with E-state index in [0.29, 0.717) is 6.42 Å². The van der Waals surface area contributed by atoms with Crippen LogP contribution in [0.1, 0.15) is 27.2 Å². The Morgan fingerprint density at radius 1 is 1.40 bits per heavy atom. The van der Waals surface area contributed by atoms with Crippen LogP contribution < -0.4 is 0 Å². The first-order valence-electron chi connectivity index (χ1n) is 4.99. The molecule has 0 saturated heterocycles. The zero-order valence-corrected chi connectivity index (χ0v) is 11.0. The van der Waals surface area contributed by atoms with Crippen LogP contribution in [0.2, 0.25) is 0 Å². The molecule has 0 aromatic carbocycles. The van der Waals surface area contributed by atoms with Gasteiger partial charge in [-0.1, -0.05) is 30.7 Å². The van der Waals surface area contributed by atoms with Gasteiger partial charge in [-0.25, -0.2) is 4.98 Å². The number of pyridine rings is 1. The van der Waals surface area contributed by atoms with Crippen molar-refractivity contribution in [3.05, 3.63) is 24.4 Å². The lowest BCUT2D eigenvalue weighted by molar-refractivity contribution is -0.116. The Balaban J connectivity index is 0.000000921. The topological polar surface area (TPSA) is 30.0 Å². The van der Waals surface area contributed by atoms with Gasteiger partial charge in [-0.15, -0.1) is 0 Å². The third kappa shape index (κ3) is 8.51. The Kier molecular flexibility index (Phi) is 9.73. The Morgan fingerprint density at radius 2 is 2.13 bits per heavy atom. The monoisotopic (exact) mass is 243 g/mol. The number of hydrogen-bond donors (Lipinski definition) is 0. The van der Waals surface area contributed by atoms with Crippen molar-refractivity contribution in [2.24, 2.45) is 0 Å². The molecule has 0 saturated carbocycles. The summed E-state index contributed by atoms with van der Waals surface area (Å²) in [6.07, 6.45) is 2.42. The molecule has 0 aliphatic rings. The molecular formula is C11H17NOS2. The minimum atomic E-state index is 0.245. The largest absolute Gasteiger partial charge is 0.300 e. The average Bonchev–Trinajstić information content (AvgIpc) is 2.28. The van der Waals surface area contributed by atoms with E-state index >= 15 is 0 Å². The molecule has 0 fully saturated rings. The fourth-order valence-corrected chi connectivity index (χ4v) is 2.65. The quantitative estimate of drug-likeness (QED) is 0.581. The summed E-state index contributed by atoms with van der Waals surface area (Å²) >= 11 is 0. The van der Waals surface area contributed by atoms with Crippen molar-refractivity contribution in [3.63, 3.8) is 0 Å². The molecule has 0 atom stereocenters. The van der Waals surface area contributed by atoms with Crippen molar-refractivity contribution in [3.8, 4) is 0 Å². The minimum Gasteiger partial charge on any atom is -0.300 e. The molecule has 0 amide bonds. The van der Waals surface area contributed by atoms with E-state index < -0.39 is 0 Å². The van der Waals surface area contributed by atoms with Crippen molar-refractivity contribution in [1.29, 1.82) is 0 Å². The summed E-state index contributed by atoms with van der Waals surface area (Å²) in [5.41, 5.74) is 0. The van der Waals surface area contributed by atoms with Gasteiger partial charge in [0.1, 0.15) is 10.8 Å². The fraction of sp³-hybridized carbons (Fsp3) is 0.455. The highest BCUT2D eigenvalue weighted by atomic mass is 33.1. The Hall–Kier alpha value is -0.480. The lowest BCUT2D eigenvalue weighted by atomic mass is 10.4. The van der Waals surface area contributed by atoms with Crippen LogP contribution in [0.4, 0.5) is 0 Å². The maximum atomic E-state index is 10.6. The van der Waals surface area contributed by atoms with Crippen molar-refractivity contribution in [2.75, 3.05) is 5.75 Å². The van der Waals surface area contributed by atoms with Crippen molar-refractivity contribution < 1.29 is 4.79 Å². The number of carbonyl (C=O) groups is 1. The zero-order chi connectivity index (χ0) is 11.5. The summed E-state index contributed by atoms with van der Waals surface area (Å²) in [6.45, 7) is 5.62. The normalized spacial score (nSPS) is 9.00. The van der Waals surface area contributed by atoms with Crippen LogP contribution in [-0.4, -0.2) is 16.5 Å². The van der Waals surface area contributed by atoms with E-state index in [-0.39, 0.29) is 5.78 Å². The minimum absolute atomic E-state index is 0.245. The van der Waals surface area contributed by atoms with E-state index in [4.69, 9.17) is 0 Å². The number of Topliss-reactive ketones (excluding diaryl/α,β-unsaturated/α-hetero) is 1. The van der Waals surface area contributed by atoms with Crippen LogP contribution >= 0.6 is 21.6 Å². The first kappa shape index (κ1) is 14.5. The first-order valence-corrected chi connectivity index (χ1v) is 7.31. The number of ketones is 1. The molecular weight excluding hydrogens is 226 g/mol. The van der Waals surface area contributed by atoms with Crippen molar-refractivity contribution in [1.82, 2.24) is 4.98 Å². The van der Waals surface area contributed by atoms with Crippen LogP contribution in [0.3, 0.4) is 0 Å². The highest BCUT2D eigenvalue weighted by Gasteiger charge is 1.96. The summed E-state index contributed by atoms with van der Waals surface area (Å²) in [4.78, 5) is 14.8. The van der Waals surface area contributed by atoms with Crippen LogP contribution in [0.5, 0.6) is 0 Å². The molecule has 0 bridgehead atoms. The number of carbonyl (C=O) groups excluding carboxylic acids is 1. The predicted molar refractivity (Wildman–Crippen MR) is 69.2 cm³/mol. The highest BCUT2D eigenvalue weighted by molar-refractivity contribution is 8.76. The standard InChI is InChI=1S/C9H11NOS2.C2H6/c1-8(11)5-7-12-13-9-4-2-3-6-10-9;1-2/h2-4,6H,5,7H2,1H3;1-2H3. The molecule has 0 N–H and O–H groups in total. The maximum absolute atomic E-state index is 10.6. The fourth-order valence-electron chi connectivity index (χ4n) is 0.684. The molecule has 2 nitrogen and oxygen atoms in total. The van der Waals surface area contributed by atoms with Gasteiger partial charge in [0.05, 0.1) is 0 Å². The lowest BCUT2D eigenvalue weighted by Gasteiger charge is -1.97. The summed E-state index contributed by atoms with van der Waals surface area (Å²) in [6, 6.07) is 5.82. The van der Waals surface area contributed by atoms with Gasteiger partial charge in [-0.2, -0.15) is 0 Å². The lowest BCUT2D eigenvalue weighted by Crippen LogP contribution is -1.90. The van der Waals surface area contributed by atoms with E-state index in [1.54, 1.807) is 34.7 Å². The van der Waals surface area contributed by atoms with E-state index in [9.17, 15) is 4.79 Å². The molecule has 0 radical (unpaired) electrons. The van der Waals surface area contributed by atoms with E-state index in [1.165, 1.54) is 0 Å².